The van der Waals surface area contributed by atoms with Gasteiger partial charge in [0.25, 0.3) is 0 Å². The third-order valence-electron chi connectivity index (χ3n) is 6.61. The van der Waals surface area contributed by atoms with Crippen molar-refractivity contribution in [3.8, 4) is 6.07 Å². The van der Waals surface area contributed by atoms with Crippen LogP contribution >= 0.6 is 0 Å². The van der Waals surface area contributed by atoms with Crippen molar-refractivity contribution in [2.45, 2.75) is 77.0 Å². The second kappa shape index (κ2) is 8.30. The molecule has 2 fully saturated rings. The molecule has 0 aromatic heterocycles. The standard InChI is InChI=1S/C22H29F2N/c1-15-2-4-16(5-3-15)6-7-17-8-10-18(11-9-17)19-12-21(23)20(14-25)22(24)13-19/h12-13,15-18H,2-11H2,1H3. The molecule has 3 heteroatoms. The molecular formula is C22H29F2N. The zero-order chi connectivity index (χ0) is 17.8. The first-order valence-electron chi connectivity index (χ1n) is 9.95. The first-order valence-corrected chi connectivity index (χ1v) is 9.95. The average molecular weight is 345 g/mol. The third kappa shape index (κ3) is 4.60. The van der Waals surface area contributed by atoms with Crippen molar-refractivity contribution in [2.24, 2.45) is 17.8 Å². The van der Waals surface area contributed by atoms with Crippen LogP contribution in [-0.4, -0.2) is 0 Å². The molecule has 0 heterocycles. The number of nitriles is 1. The van der Waals surface area contributed by atoms with Gasteiger partial charge in [-0.05, 0) is 67.1 Å². The molecule has 136 valence electrons. The maximum atomic E-state index is 13.8. The second-order valence-corrected chi connectivity index (χ2v) is 8.39. The van der Waals surface area contributed by atoms with Crippen LogP contribution in [0.25, 0.3) is 0 Å². The fourth-order valence-corrected chi connectivity index (χ4v) is 4.81. The lowest BCUT2D eigenvalue weighted by molar-refractivity contribution is 0.237. The van der Waals surface area contributed by atoms with Gasteiger partial charge in [-0.25, -0.2) is 8.78 Å². The molecule has 0 radical (unpaired) electrons. The lowest BCUT2D eigenvalue weighted by Gasteiger charge is -2.31. The van der Waals surface area contributed by atoms with Gasteiger partial charge < -0.3 is 0 Å². The largest absolute Gasteiger partial charge is 0.205 e. The molecular weight excluding hydrogens is 316 g/mol. The van der Waals surface area contributed by atoms with Gasteiger partial charge in [-0.1, -0.05) is 45.4 Å². The van der Waals surface area contributed by atoms with Crippen molar-refractivity contribution >= 4 is 0 Å². The van der Waals surface area contributed by atoms with Crippen LogP contribution in [0.2, 0.25) is 0 Å². The molecule has 25 heavy (non-hydrogen) atoms. The SMILES string of the molecule is CC1CCC(CCC2CCC(c3cc(F)c(C#N)c(F)c3)CC2)CC1. The van der Waals surface area contributed by atoms with Gasteiger partial charge in [-0.15, -0.1) is 0 Å². The van der Waals surface area contributed by atoms with Crippen LogP contribution in [0.15, 0.2) is 12.1 Å². The molecule has 0 spiro atoms. The fraction of sp³-hybridized carbons (Fsp3) is 0.682. The molecule has 0 unspecified atom stereocenters. The molecule has 1 aromatic carbocycles. The summed E-state index contributed by atoms with van der Waals surface area (Å²) in [4.78, 5) is 0. The Morgan fingerprint density at radius 3 is 1.84 bits per heavy atom. The molecule has 2 aliphatic rings. The van der Waals surface area contributed by atoms with Gasteiger partial charge in [-0.3, -0.25) is 0 Å². The number of halogens is 2. The Balaban J connectivity index is 1.48. The maximum absolute atomic E-state index is 13.8. The highest BCUT2D eigenvalue weighted by Crippen LogP contribution is 2.40. The van der Waals surface area contributed by atoms with Crippen LogP contribution in [0, 0.1) is 40.7 Å². The molecule has 2 saturated carbocycles. The van der Waals surface area contributed by atoms with Gasteiger partial charge >= 0.3 is 0 Å². The summed E-state index contributed by atoms with van der Waals surface area (Å²) in [6.45, 7) is 2.37. The molecule has 0 bridgehead atoms. The highest BCUT2D eigenvalue weighted by molar-refractivity contribution is 5.36. The van der Waals surface area contributed by atoms with Gasteiger partial charge in [0.15, 0.2) is 0 Å². The first kappa shape index (κ1) is 18.4. The summed E-state index contributed by atoms with van der Waals surface area (Å²) in [6, 6.07) is 4.34. The zero-order valence-electron chi connectivity index (χ0n) is 15.2. The number of hydrogen-bond acceptors (Lipinski definition) is 1. The van der Waals surface area contributed by atoms with Crippen molar-refractivity contribution < 1.29 is 8.78 Å². The molecule has 0 aliphatic heterocycles. The smallest absolute Gasteiger partial charge is 0.144 e. The third-order valence-corrected chi connectivity index (χ3v) is 6.61. The van der Waals surface area contributed by atoms with Crippen molar-refractivity contribution in [1.29, 1.82) is 5.26 Å². The van der Waals surface area contributed by atoms with E-state index in [1.807, 2.05) is 0 Å². The van der Waals surface area contributed by atoms with Crippen LogP contribution in [0.4, 0.5) is 8.78 Å². The summed E-state index contributed by atoms with van der Waals surface area (Å²) in [7, 11) is 0. The van der Waals surface area contributed by atoms with Gasteiger partial charge in [0.1, 0.15) is 23.3 Å². The number of nitrogens with zero attached hydrogens (tertiary/aromatic N) is 1. The second-order valence-electron chi connectivity index (χ2n) is 8.39. The van der Waals surface area contributed by atoms with Crippen LogP contribution < -0.4 is 0 Å². The molecule has 3 rings (SSSR count). The summed E-state index contributed by atoms with van der Waals surface area (Å²) in [5, 5.41) is 8.79. The van der Waals surface area contributed by atoms with Crippen molar-refractivity contribution in [2.75, 3.05) is 0 Å². The Morgan fingerprint density at radius 1 is 0.880 bits per heavy atom. The minimum Gasteiger partial charge on any atom is -0.205 e. The topological polar surface area (TPSA) is 23.8 Å². The van der Waals surface area contributed by atoms with Crippen molar-refractivity contribution in [3.63, 3.8) is 0 Å². The maximum Gasteiger partial charge on any atom is 0.144 e. The van der Waals surface area contributed by atoms with E-state index < -0.39 is 17.2 Å². The van der Waals surface area contributed by atoms with Crippen molar-refractivity contribution in [3.05, 3.63) is 34.9 Å². The Kier molecular flexibility index (Phi) is 6.10. The average Bonchev–Trinajstić information content (AvgIpc) is 2.61. The molecule has 0 saturated heterocycles. The molecule has 0 N–H and O–H groups in total. The Labute approximate surface area is 150 Å². The number of hydrogen-bond donors (Lipinski definition) is 0. The summed E-state index contributed by atoms with van der Waals surface area (Å²) in [5.41, 5.74) is 0.271. The van der Waals surface area contributed by atoms with Crippen LogP contribution in [0.5, 0.6) is 0 Å². The summed E-state index contributed by atoms with van der Waals surface area (Å²) in [5.74, 6) is 1.43. The van der Waals surface area contributed by atoms with Crippen molar-refractivity contribution in [1.82, 2.24) is 0 Å². The van der Waals surface area contributed by atoms with E-state index in [0.717, 1.165) is 49.0 Å². The normalized spacial score (nSPS) is 30.0. The highest BCUT2D eigenvalue weighted by atomic mass is 19.1. The van der Waals surface area contributed by atoms with E-state index in [-0.39, 0.29) is 5.92 Å². The van der Waals surface area contributed by atoms with Gasteiger partial charge in [0, 0.05) is 0 Å². The van der Waals surface area contributed by atoms with Crippen LogP contribution in [0.3, 0.4) is 0 Å². The number of benzene rings is 1. The summed E-state index contributed by atoms with van der Waals surface area (Å²) in [6.07, 6.45) is 12.6. The van der Waals surface area contributed by atoms with Gasteiger partial charge in [-0.2, -0.15) is 5.26 Å². The number of rotatable bonds is 4. The van der Waals surface area contributed by atoms with E-state index in [0.29, 0.717) is 0 Å². The van der Waals surface area contributed by atoms with Crippen LogP contribution in [0.1, 0.15) is 88.2 Å². The predicted molar refractivity (Wildman–Crippen MR) is 96.1 cm³/mol. The quantitative estimate of drug-likeness (QED) is 0.594. The Bertz CT molecular complexity index is 594. The molecule has 1 nitrogen and oxygen atoms in total. The monoisotopic (exact) mass is 345 g/mol. The predicted octanol–water partition coefficient (Wildman–Crippen LogP) is 6.72. The highest BCUT2D eigenvalue weighted by Gasteiger charge is 2.25. The zero-order valence-corrected chi connectivity index (χ0v) is 15.2. The van der Waals surface area contributed by atoms with E-state index in [2.05, 4.69) is 6.92 Å². The first-order chi connectivity index (χ1) is 12.1. The van der Waals surface area contributed by atoms with Crippen LogP contribution in [-0.2, 0) is 0 Å². The molecule has 0 amide bonds. The summed E-state index contributed by atoms with van der Waals surface area (Å²) >= 11 is 0. The van der Waals surface area contributed by atoms with Gasteiger partial charge in [0.2, 0.25) is 0 Å². The van der Waals surface area contributed by atoms with E-state index >= 15 is 0 Å². The van der Waals surface area contributed by atoms with E-state index in [9.17, 15) is 8.78 Å². The van der Waals surface area contributed by atoms with Gasteiger partial charge in [0.05, 0.1) is 0 Å². The summed E-state index contributed by atoms with van der Waals surface area (Å²) < 4.78 is 27.7. The molecule has 2 aliphatic carbocycles. The molecule has 1 aromatic rings. The molecule has 0 atom stereocenters. The lowest BCUT2D eigenvalue weighted by atomic mass is 9.74. The minimum atomic E-state index is -0.717. The lowest BCUT2D eigenvalue weighted by Crippen LogP contribution is -2.17. The minimum absolute atomic E-state index is 0.239. The Hall–Kier alpha value is -1.43. The Morgan fingerprint density at radius 2 is 1.36 bits per heavy atom. The van der Waals surface area contributed by atoms with E-state index in [1.165, 1.54) is 50.7 Å². The fourth-order valence-electron chi connectivity index (χ4n) is 4.81. The van der Waals surface area contributed by atoms with E-state index in [4.69, 9.17) is 5.26 Å². The van der Waals surface area contributed by atoms with E-state index in [1.54, 1.807) is 6.07 Å².